The van der Waals surface area contributed by atoms with Crippen LogP contribution in [0.4, 0.5) is 11.5 Å². The minimum absolute atomic E-state index is 0.0783. The molecule has 2 aromatic rings. The first-order chi connectivity index (χ1) is 8.13. The van der Waals surface area contributed by atoms with Crippen LogP contribution < -0.4 is 11.1 Å². The van der Waals surface area contributed by atoms with Crippen molar-refractivity contribution in [2.24, 2.45) is 0 Å². The molecule has 0 bridgehead atoms. The molecule has 0 saturated heterocycles. The van der Waals surface area contributed by atoms with Gasteiger partial charge in [-0.25, -0.2) is 0 Å². The Balaban J connectivity index is 2.13. The van der Waals surface area contributed by atoms with Crippen LogP contribution in [-0.2, 0) is 11.3 Å². The number of hydrogen-bond donors (Lipinski definition) is 2. The Morgan fingerprint density at radius 1 is 1.47 bits per heavy atom. The summed E-state index contributed by atoms with van der Waals surface area (Å²) in [6.45, 7) is 2.12. The molecule has 0 radical (unpaired) electrons. The quantitative estimate of drug-likeness (QED) is 0.838. The maximum atomic E-state index is 10.9. The van der Waals surface area contributed by atoms with Crippen molar-refractivity contribution in [2.45, 2.75) is 13.5 Å². The minimum atomic E-state index is -0.0783. The highest BCUT2D eigenvalue weighted by molar-refractivity contribution is 5.88. The number of amides is 1. The van der Waals surface area contributed by atoms with Gasteiger partial charge in [-0.1, -0.05) is 12.1 Å². The number of hydrogen-bond acceptors (Lipinski definition) is 3. The lowest BCUT2D eigenvalue weighted by Gasteiger charge is -2.05. The summed E-state index contributed by atoms with van der Waals surface area (Å²) in [5.74, 6) is 0.425. The highest BCUT2D eigenvalue weighted by Crippen LogP contribution is 2.12. The lowest BCUT2D eigenvalue weighted by atomic mass is 10.2. The first-order valence-corrected chi connectivity index (χ1v) is 5.29. The van der Waals surface area contributed by atoms with Crippen LogP contribution in [0.2, 0.25) is 0 Å². The summed E-state index contributed by atoms with van der Waals surface area (Å²) in [6, 6.07) is 9.38. The van der Waals surface area contributed by atoms with E-state index >= 15 is 0 Å². The molecular formula is C12H14N4O. The fourth-order valence-electron chi connectivity index (χ4n) is 1.60. The van der Waals surface area contributed by atoms with E-state index in [1.807, 2.05) is 30.5 Å². The van der Waals surface area contributed by atoms with Gasteiger partial charge in [0.25, 0.3) is 0 Å². The molecule has 0 spiro atoms. The standard InChI is InChI=1S/C12H14N4O/c1-9(17)14-11-4-2-3-10(7-11)8-16-6-5-12(13)15-16/h2-7H,8H2,1H3,(H2,13,15)(H,14,17). The van der Waals surface area contributed by atoms with Crippen LogP contribution in [0.1, 0.15) is 12.5 Å². The number of rotatable bonds is 3. The molecule has 0 fully saturated rings. The molecule has 0 saturated carbocycles. The van der Waals surface area contributed by atoms with Crippen molar-refractivity contribution in [3.8, 4) is 0 Å². The van der Waals surface area contributed by atoms with Crippen molar-refractivity contribution in [2.75, 3.05) is 11.1 Å². The fraction of sp³-hybridized carbons (Fsp3) is 0.167. The van der Waals surface area contributed by atoms with E-state index in [2.05, 4.69) is 10.4 Å². The normalized spacial score (nSPS) is 10.2. The molecule has 2 rings (SSSR count). The number of anilines is 2. The third kappa shape index (κ3) is 3.07. The number of nitrogens with zero attached hydrogens (tertiary/aromatic N) is 2. The van der Waals surface area contributed by atoms with Crippen LogP contribution in [0.15, 0.2) is 36.5 Å². The number of benzene rings is 1. The van der Waals surface area contributed by atoms with Gasteiger partial charge >= 0.3 is 0 Å². The van der Waals surface area contributed by atoms with Gasteiger partial charge in [0.2, 0.25) is 5.91 Å². The maximum absolute atomic E-state index is 10.9. The Hall–Kier alpha value is -2.30. The molecular weight excluding hydrogens is 216 g/mol. The molecule has 17 heavy (non-hydrogen) atoms. The van der Waals surface area contributed by atoms with E-state index in [1.54, 1.807) is 10.7 Å². The molecule has 1 aromatic carbocycles. The molecule has 0 unspecified atom stereocenters. The summed E-state index contributed by atoms with van der Waals surface area (Å²) in [7, 11) is 0. The van der Waals surface area contributed by atoms with Gasteiger partial charge in [-0.2, -0.15) is 5.10 Å². The van der Waals surface area contributed by atoms with Crippen LogP contribution in [0.3, 0.4) is 0 Å². The van der Waals surface area contributed by atoms with E-state index in [4.69, 9.17) is 5.73 Å². The number of aromatic nitrogens is 2. The second-order valence-corrected chi connectivity index (χ2v) is 3.82. The highest BCUT2D eigenvalue weighted by Gasteiger charge is 2.00. The monoisotopic (exact) mass is 230 g/mol. The van der Waals surface area contributed by atoms with Crippen LogP contribution in [0, 0.1) is 0 Å². The number of nitrogens with one attached hydrogen (secondary N) is 1. The van der Waals surface area contributed by atoms with Crippen LogP contribution in [-0.4, -0.2) is 15.7 Å². The zero-order chi connectivity index (χ0) is 12.3. The van der Waals surface area contributed by atoms with Crippen molar-refractivity contribution < 1.29 is 4.79 Å². The number of carbonyl (C=O) groups is 1. The summed E-state index contributed by atoms with van der Waals surface area (Å²) < 4.78 is 1.75. The van der Waals surface area contributed by atoms with E-state index in [-0.39, 0.29) is 5.91 Å². The molecule has 1 aromatic heterocycles. The second kappa shape index (κ2) is 4.69. The van der Waals surface area contributed by atoms with Gasteiger partial charge in [-0.15, -0.1) is 0 Å². The van der Waals surface area contributed by atoms with Crippen molar-refractivity contribution >= 4 is 17.4 Å². The topological polar surface area (TPSA) is 72.9 Å². The molecule has 5 heteroatoms. The Kier molecular flexibility index (Phi) is 3.09. The zero-order valence-corrected chi connectivity index (χ0v) is 9.55. The summed E-state index contributed by atoms with van der Waals surface area (Å²) in [6.07, 6.45) is 1.82. The predicted octanol–water partition coefficient (Wildman–Crippen LogP) is 1.47. The summed E-state index contributed by atoms with van der Waals surface area (Å²) in [5, 5.41) is 6.85. The van der Waals surface area contributed by atoms with Gasteiger partial charge in [0.1, 0.15) is 5.82 Å². The molecule has 0 aliphatic rings. The summed E-state index contributed by atoms with van der Waals surface area (Å²) in [4.78, 5) is 10.9. The van der Waals surface area contributed by atoms with Crippen molar-refractivity contribution in [3.05, 3.63) is 42.1 Å². The van der Waals surface area contributed by atoms with Crippen LogP contribution >= 0.6 is 0 Å². The van der Waals surface area contributed by atoms with Gasteiger partial charge in [0.05, 0.1) is 6.54 Å². The van der Waals surface area contributed by atoms with E-state index in [0.717, 1.165) is 11.3 Å². The molecule has 88 valence electrons. The largest absolute Gasteiger partial charge is 0.382 e. The minimum Gasteiger partial charge on any atom is -0.382 e. The lowest BCUT2D eigenvalue weighted by molar-refractivity contribution is -0.114. The first-order valence-electron chi connectivity index (χ1n) is 5.29. The Morgan fingerprint density at radius 2 is 2.29 bits per heavy atom. The highest BCUT2D eigenvalue weighted by atomic mass is 16.1. The van der Waals surface area contributed by atoms with Crippen LogP contribution in [0.25, 0.3) is 0 Å². The van der Waals surface area contributed by atoms with Crippen molar-refractivity contribution in [1.82, 2.24) is 9.78 Å². The molecule has 5 nitrogen and oxygen atoms in total. The van der Waals surface area contributed by atoms with E-state index in [9.17, 15) is 4.79 Å². The first kappa shape index (κ1) is 11.2. The average Bonchev–Trinajstić information content (AvgIpc) is 2.63. The molecule has 1 heterocycles. The Bertz CT molecular complexity index is 533. The predicted molar refractivity (Wildman–Crippen MR) is 66.5 cm³/mol. The van der Waals surface area contributed by atoms with Gasteiger partial charge in [-0.05, 0) is 23.8 Å². The fourth-order valence-corrected chi connectivity index (χ4v) is 1.60. The smallest absolute Gasteiger partial charge is 0.221 e. The Morgan fingerprint density at radius 3 is 2.94 bits per heavy atom. The van der Waals surface area contributed by atoms with Crippen molar-refractivity contribution in [3.63, 3.8) is 0 Å². The molecule has 0 aliphatic heterocycles. The lowest BCUT2D eigenvalue weighted by Crippen LogP contribution is -2.07. The van der Waals surface area contributed by atoms with E-state index < -0.39 is 0 Å². The third-order valence-electron chi connectivity index (χ3n) is 2.25. The second-order valence-electron chi connectivity index (χ2n) is 3.82. The summed E-state index contributed by atoms with van der Waals surface area (Å²) in [5.41, 5.74) is 7.38. The van der Waals surface area contributed by atoms with E-state index in [1.165, 1.54) is 6.92 Å². The van der Waals surface area contributed by atoms with Crippen LogP contribution in [0.5, 0.6) is 0 Å². The maximum Gasteiger partial charge on any atom is 0.221 e. The SMILES string of the molecule is CC(=O)Nc1cccc(Cn2ccc(N)n2)c1. The number of nitrogens with two attached hydrogens (primary N) is 1. The van der Waals surface area contributed by atoms with Gasteiger partial charge in [-0.3, -0.25) is 9.48 Å². The van der Waals surface area contributed by atoms with Crippen molar-refractivity contribution in [1.29, 1.82) is 0 Å². The third-order valence-corrected chi connectivity index (χ3v) is 2.25. The molecule has 0 aliphatic carbocycles. The van der Waals surface area contributed by atoms with Gasteiger partial charge < -0.3 is 11.1 Å². The Labute approximate surface area is 99.2 Å². The van der Waals surface area contributed by atoms with E-state index in [0.29, 0.717) is 12.4 Å². The molecule has 3 N–H and O–H groups in total. The molecule has 0 atom stereocenters. The average molecular weight is 230 g/mol. The zero-order valence-electron chi connectivity index (χ0n) is 9.55. The molecule has 1 amide bonds. The van der Waals surface area contributed by atoms with Gasteiger partial charge in [0.15, 0.2) is 0 Å². The summed E-state index contributed by atoms with van der Waals surface area (Å²) >= 11 is 0. The number of nitrogen functional groups attached to an aromatic ring is 1. The number of carbonyl (C=O) groups excluding carboxylic acids is 1. The van der Waals surface area contributed by atoms with Gasteiger partial charge in [0, 0.05) is 18.8 Å².